The van der Waals surface area contributed by atoms with Crippen LogP contribution in [0.1, 0.15) is 22.3 Å². The Kier molecular flexibility index (Phi) is 7.22. The molecule has 2 aromatic rings. The summed E-state index contributed by atoms with van der Waals surface area (Å²) in [6, 6.07) is 8.52. The van der Waals surface area contributed by atoms with Gasteiger partial charge in [0.05, 0.1) is 11.9 Å². The van der Waals surface area contributed by atoms with E-state index < -0.39 is 9.84 Å². The standard InChI is InChI=1S/C16H17N3O3S.2ClH/c1-23(21,22)15-8-7-11(10-18-15)19-16(20)13-4-2-6-14-12(13)5-3-9-17-14;;/h2,4,6-8,10,17H,3,5,9H2,1H3,(H,19,20);2*1H. The van der Waals surface area contributed by atoms with Crippen molar-refractivity contribution < 1.29 is 13.2 Å². The molecule has 2 N–H and O–H groups in total. The minimum Gasteiger partial charge on any atom is -0.385 e. The molecule has 0 bridgehead atoms. The van der Waals surface area contributed by atoms with Crippen molar-refractivity contribution in [2.45, 2.75) is 17.9 Å². The van der Waals surface area contributed by atoms with E-state index in [1.165, 1.54) is 18.3 Å². The summed E-state index contributed by atoms with van der Waals surface area (Å²) in [5.41, 5.74) is 3.09. The lowest BCUT2D eigenvalue weighted by atomic mass is 9.97. The van der Waals surface area contributed by atoms with Crippen LogP contribution >= 0.6 is 24.8 Å². The number of hydrogen-bond donors (Lipinski definition) is 2. The summed E-state index contributed by atoms with van der Waals surface area (Å²) in [5.74, 6) is -0.223. The second kappa shape index (κ2) is 8.51. The Hall–Kier alpha value is -1.83. The van der Waals surface area contributed by atoms with E-state index >= 15 is 0 Å². The monoisotopic (exact) mass is 403 g/mol. The number of sulfone groups is 1. The van der Waals surface area contributed by atoms with Crippen LogP contribution < -0.4 is 10.6 Å². The average molecular weight is 404 g/mol. The van der Waals surface area contributed by atoms with E-state index in [1.54, 1.807) is 6.07 Å². The van der Waals surface area contributed by atoms with Gasteiger partial charge in [0, 0.05) is 24.1 Å². The van der Waals surface area contributed by atoms with Gasteiger partial charge in [-0.25, -0.2) is 13.4 Å². The summed E-state index contributed by atoms with van der Waals surface area (Å²) < 4.78 is 22.8. The van der Waals surface area contributed by atoms with Crippen molar-refractivity contribution in [1.29, 1.82) is 0 Å². The van der Waals surface area contributed by atoms with Gasteiger partial charge in [0.25, 0.3) is 5.91 Å². The molecule has 0 saturated carbocycles. The lowest BCUT2D eigenvalue weighted by Crippen LogP contribution is -2.19. The molecule has 25 heavy (non-hydrogen) atoms. The van der Waals surface area contributed by atoms with Gasteiger partial charge in [-0.15, -0.1) is 24.8 Å². The van der Waals surface area contributed by atoms with Gasteiger partial charge in [-0.3, -0.25) is 4.79 Å². The molecule has 0 atom stereocenters. The van der Waals surface area contributed by atoms with Gasteiger partial charge in [-0.2, -0.15) is 0 Å². The van der Waals surface area contributed by atoms with Crippen LogP contribution in [0.25, 0.3) is 0 Å². The summed E-state index contributed by atoms with van der Waals surface area (Å²) >= 11 is 0. The largest absolute Gasteiger partial charge is 0.385 e. The van der Waals surface area contributed by atoms with E-state index in [0.717, 1.165) is 36.9 Å². The molecule has 2 heterocycles. The molecule has 1 amide bonds. The first kappa shape index (κ1) is 21.2. The van der Waals surface area contributed by atoms with Crippen molar-refractivity contribution in [3.05, 3.63) is 47.7 Å². The number of carbonyl (C=O) groups excluding carboxylic acids is 1. The molecular weight excluding hydrogens is 385 g/mol. The van der Waals surface area contributed by atoms with Crippen molar-refractivity contribution in [3.8, 4) is 0 Å². The van der Waals surface area contributed by atoms with Gasteiger partial charge >= 0.3 is 0 Å². The zero-order chi connectivity index (χ0) is 16.4. The van der Waals surface area contributed by atoms with Crippen LogP contribution in [0.2, 0.25) is 0 Å². The van der Waals surface area contributed by atoms with Crippen molar-refractivity contribution in [3.63, 3.8) is 0 Å². The first-order chi connectivity index (χ1) is 10.9. The predicted octanol–water partition coefficient (Wildman–Crippen LogP) is 2.94. The molecule has 0 spiro atoms. The fourth-order valence-electron chi connectivity index (χ4n) is 2.59. The predicted molar refractivity (Wildman–Crippen MR) is 103 cm³/mol. The van der Waals surface area contributed by atoms with Crippen LogP contribution in [0, 0.1) is 0 Å². The Bertz CT molecular complexity index is 855. The maximum atomic E-state index is 12.5. The Balaban J connectivity index is 0.00000156. The fourth-order valence-corrected chi connectivity index (χ4v) is 3.15. The minimum absolute atomic E-state index is 0. The molecule has 1 aromatic heterocycles. The number of fused-ring (bicyclic) bond motifs is 1. The number of pyridine rings is 1. The average Bonchev–Trinajstić information content (AvgIpc) is 2.54. The highest BCUT2D eigenvalue weighted by Gasteiger charge is 2.17. The number of carbonyl (C=O) groups is 1. The van der Waals surface area contributed by atoms with E-state index in [2.05, 4.69) is 15.6 Å². The summed E-state index contributed by atoms with van der Waals surface area (Å²) in [6.07, 6.45) is 4.29. The third-order valence-electron chi connectivity index (χ3n) is 3.71. The summed E-state index contributed by atoms with van der Waals surface area (Å²) in [7, 11) is -3.34. The number of hydrogen-bond acceptors (Lipinski definition) is 5. The zero-order valence-electron chi connectivity index (χ0n) is 13.5. The lowest BCUT2D eigenvalue weighted by Gasteiger charge is -2.20. The van der Waals surface area contributed by atoms with Crippen molar-refractivity contribution >= 4 is 51.9 Å². The fraction of sp³-hybridized carbons (Fsp3) is 0.250. The molecular formula is C16H19Cl2N3O3S. The molecule has 9 heteroatoms. The molecule has 0 aliphatic carbocycles. The third kappa shape index (κ3) is 4.84. The summed E-state index contributed by atoms with van der Waals surface area (Å²) in [6.45, 7) is 0.912. The molecule has 136 valence electrons. The highest BCUT2D eigenvalue weighted by atomic mass is 35.5. The zero-order valence-corrected chi connectivity index (χ0v) is 15.9. The number of rotatable bonds is 3. The molecule has 1 aliphatic heterocycles. The summed E-state index contributed by atoms with van der Waals surface area (Å²) in [4.78, 5) is 16.4. The van der Waals surface area contributed by atoms with Crippen molar-refractivity contribution in [1.82, 2.24) is 4.98 Å². The number of benzene rings is 1. The molecule has 0 fully saturated rings. The molecule has 3 rings (SSSR count). The Morgan fingerprint density at radius 2 is 1.96 bits per heavy atom. The van der Waals surface area contributed by atoms with Gasteiger partial charge in [0.1, 0.15) is 0 Å². The number of aromatic nitrogens is 1. The van der Waals surface area contributed by atoms with Gasteiger partial charge in [0.15, 0.2) is 14.9 Å². The smallest absolute Gasteiger partial charge is 0.256 e. The van der Waals surface area contributed by atoms with Gasteiger partial charge in [-0.1, -0.05) is 6.07 Å². The second-order valence-electron chi connectivity index (χ2n) is 5.47. The normalized spacial score (nSPS) is 12.7. The van der Waals surface area contributed by atoms with E-state index in [9.17, 15) is 13.2 Å². The SMILES string of the molecule is CS(=O)(=O)c1ccc(NC(=O)c2cccc3c2CCCN3)cn1.Cl.Cl. The summed E-state index contributed by atoms with van der Waals surface area (Å²) in [5, 5.41) is 6.03. The van der Waals surface area contributed by atoms with Crippen LogP contribution in [0.5, 0.6) is 0 Å². The molecule has 1 aliphatic rings. The van der Waals surface area contributed by atoms with E-state index in [0.29, 0.717) is 11.3 Å². The first-order valence-corrected chi connectivity index (χ1v) is 9.17. The van der Waals surface area contributed by atoms with Gasteiger partial charge in [0.2, 0.25) is 0 Å². The molecule has 1 aromatic carbocycles. The number of amides is 1. The number of anilines is 2. The van der Waals surface area contributed by atoms with Crippen LogP contribution in [0.15, 0.2) is 41.6 Å². The second-order valence-corrected chi connectivity index (χ2v) is 7.44. The Morgan fingerprint density at radius 3 is 2.60 bits per heavy atom. The van der Waals surface area contributed by atoms with Gasteiger partial charge in [-0.05, 0) is 42.7 Å². The van der Waals surface area contributed by atoms with Crippen LogP contribution in [0.4, 0.5) is 11.4 Å². The van der Waals surface area contributed by atoms with Gasteiger partial charge < -0.3 is 10.6 Å². The quantitative estimate of drug-likeness (QED) is 0.821. The first-order valence-electron chi connectivity index (χ1n) is 7.28. The van der Waals surface area contributed by atoms with Crippen LogP contribution in [-0.2, 0) is 16.3 Å². The van der Waals surface area contributed by atoms with E-state index in [-0.39, 0.29) is 35.7 Å². The number of nitrogens with one attached hydrogen (secondary N) is 2. The Labute approximate surface area is 159 Å². The lowest BCUT2D eigenvalue weighted by molar-refractivity contribution is 0.102. The molecule has 0 saturated heterocycles. The van der Waals surface area contributed by atoms with Crippen LogP contribution in [-0.4, -0.2) is 32.1 Å². The van der Waals surface area contributed by atoms with Crippen molar-refractivity contribution in [2.75, 3.05) is 23.4 Å². The molecule has 6 nitrogen and oxygen atoms in total. The van der Waals surface area contributed by atoms with Crippen LogP contribution in [0.3, 0.4) is 0 Å². The molecule has 0 radical (unpaired) electrons. The Morgan fingerprint density at radius 1 is 1.20 bits per heavy atom. The van der Waals surface area contributed by atoms with E-state index in [4.69, 9.17) is 0 Å². The van der Waals surface area contributed by atoms with Crippen molar-refractivity contribution in [2.24, 2.45) is 0 Å². The maximum Gasteiger partial charge on any atom is 0.256 e. The number of nitrogens with zero attached hydrogens (tertiary/aromatic N) is 1. The molecule has 0 unspecified atom stereocenters. The number of halogens is 2. The highest BCUT2D eigenvalue weighted by molar-refractivity contribution is 7.90. The topological polar surface area (TPSA) is 88.2 Å². The minimum atomic E-state index is -3.34. The van der Waals surface area contributed by atoms with E-state index in [1.807, 2.05) is 12.1 Å². The maximum absolute atomic E-state index is 12.5. The highest BCUT2D eigenvalue weighted by Crippen LogP contribution is 2.26. The third-order valence-corrected chi connectivity index (χ3v) is 4.72.